The molecule has 2 heterocycles. The Hall–Kier alpha value is -1.36. The summed E-state index contributed by atoms with van der Waals surface area (Å²) in [7, 11) is 2.02. The first-order valence-electron chi connectivity index (χ1n) is 8.06. The van der Waals surface area contributed by atoms with Crippen molar-refractivity contribution in [3.05, 3.63) is 45.8 Å². The van der Waals surface area contributed by atoms with Gasteiger partial charge in [0.25, 0.3) is 0 Å². The van der Waals surface area contributed by atoms with Crippen molar-refractivity contribution in [1.82, 2.24) is 10.2 Å². The predicted octanol–water partition coefficient (Wildman–Crippen LogP) is 2.95. The van der Waals surface area contributed by atoms with Crippen molar-refractivity contribution in [3.8, 4) is 0 Å². The maximum absolute atomic E-state index is 11.8. The lowest BCUT2D eigenvalue weighted by Gasteiger charge is -2.32. The van der Waals surface area contributed by atoms with Gasteiger partial charge in [-0.1, -0.05) is 12.1 Å². The molecule has 5 heteroatoms. The average molecular weight is 337 g/mol. The van der Waals surface area contributed by atoms with Crippen molar-refractivity contribution < 1.29 is 4.42 Å². The summed E-state index contributed by atoms with van der Waals surface area (Å²) in [6.45, 7) is 6.14. The van der Waals surface area contributed by atoms with Crippen molar-refractivity contribution >= 4 is 23.4 Å². The highest BCUT2D eigenvalue weighted by molar-refractivity contribution is 5.85. The van der Waals surface area contributed by atoms with Crippen molar-refractivity contribution in [1.29, 1.82) is 0 Å². The minimum Gasteiger partial charge on any atom is -0.423 e. The summed E-state index contributed by atoms with van der Waals surface area (Å²) in [6, 6.07) is 7.73. The molecule has 4 nitrogen and oxygen atoms in total. The minimum absolute atomic E-state index is 0. The number of hydrogen-bond acceptors (Lipinski definition) is 4. The van der Waals surface area contributed by atoms with Crippen molar-refractivity contribution in [2.75, 3.05) is 26.7 Å². The van der Waals surface area contributed by atoms with Crippen LogP contribution in [0.15, 0.2) is 33.5 Å². The quantitative estimate of drug-likeness (QED) is 0.872. The fourth-order valence-corrected chi connectivity index (χ4v) is 3.35. The molecule has 1 aliphatic rings. The van der Waals surface area contributed by atoms with Crippen LogP contribution in [0.2, 0.25) is 0 Å². The summed E-state index contributed by atoms with van der Waals surface area (Å²) < 4.78 is 5.34. The number of aryl methyl sites for hydroxylation is 1. The van der Waals surface area contributed by atoms with E-state index in [9.17, 15) is 4.79 Å². The van der Waals surface area contributed by atoms with E-state index in [1.165, 1.54) is 12.8 Å². The number of piperidine rings is 1. The lowest BCUT2D eigenvalue weighted by molar-refractivity contribution is 0.177. The lowest BCUT2D eigenvalue weighted by Crippen LogP contribution is -2.36. The Morgan fingerprint density at radius 1 is 1.26 bits per heavy atom. The summed E-state index contributed by atoms with van der Waals surface area (Å²) in [5.41, 5.74) is 2.64. The second kappa shape index (κ2) is 7.95. The molecule has 1 aromatic carbocycles. The summed E-state index contributed by atoms with van der Waals surface area (Å²) in [5, 5.41) is 4.32. The predicted molar refractivity (Wildman–Crippen MR) is 96.4 cm³/mol. The van der Waals surface area contributed by atoms with Gasteiger partial charge in [-0.15, -0.1) is 12.4 Å². The standard InChI is InChI=1S/C18H24N2O2.ClH/c1-13-3-4-16-15(10-18(21)22-17(16)9-13)12-20-7-5-14(6-8-20)11-19-2;/h3-4,9-10,14,19H,5-8,11-12H2,1-2H3;1H. The molecule has 3 rings (SSSR count). The van der Waals surface area contributed by atoms with E-state index in [1.807, 2.05) is 20.0 Å². The molecular weight excluding hydrogens is 312 g/mol. The van der Waals surface area contributed by atoms with E-state index in [0.717, 1.165) is 48.6 Å². The second-order valence-electron chi connectivity index (χ2n) is 6.37. The summed E-state index contributed by atoms with van der Waals surface area (Å²) in [6.07, 6.45) is 2.44. The average Bonchev–Trinajstić information content (AvgIpc) is 2.49. The van der Waals surface area contributed by atoms with Crippen LogP contribution in [0.1, 0.15) is 24.0 Å². The van der Waals surface area contributed by atoms with Crippen LogP contribution in [0.5, 0.6) is 0 Å². The van der Waals surface area contributed by atoms with Crippen LogP contribution in [0.25, 0.3) is 11.0 Å². The Morgan fingerprint density at radius 2 is 2.00 bits per heavy atom. The molecule has 0 saturated carbocycles. The molecule has 126 valence electrons. The van der Waals surface area contributed by atoms with Crippen LogP contribution in [0.4, 0.5) is 0 Å². The number of nitrogens with one attached hydrogen (secondary N) is 1. The minimum atomic E-state index is -0.252. The Kier molecular flexibility index (Phi) is 6.22. The van der Waals surface area contributed by atoms with Gasteiger partial charge >= 0.3 is 5.63 Å². The van der Waals surface area contributed by atoms with Crippen molar-refractivity contribution in [2.24, 2.45) is 5.92 Å². The van der Waals surface area contributed by atoms with Crippen LogP contribution >= 0.6 is 12.4 Å². The smallest absolute Gasteiger partial charge is 0.336 e. The van der Waals surface area contributed by atoms with Crippen LogP contribution in [0.3, 0.4) is 0 Å². The van der Waals surface area contributed by atoms with Crippen LogP contribution in [-0.2, 0) is 6.54 Å². The second-order valence-corrected chi connectivity index (χ2v) is 6.37. The van der Waals surface area contributed by atoms with Crippen LogP contribution < -0.4 is 10.9 Å². The molecule has 1 fully saturated rings. The molecule has 23 heavy (non-hydrogen) atoms. The maximum atomic E-state index is 11.8. The number of fused-ring (bicyclic) bond motifs is 1. The first-order chi connectivity index (χ1) is 10.7. The number of rotatable bonds is 4. The van der Waals surface area contributed by atoms with Crippen molar-refractivity contribution in [3.63, 3.8) is 0 Å². The van der Waals surface area contributed by atoms with Gasteiger partial charge < -0.3 is 9.73 Å². The molecule has 0 aliphatic carbocycles. The van der Waals surface area contributed by atoms with Gasteiger partial charge in [0.15, 0.2) is 0 Å². The summed E-state index contributed by atoms with van der Waals surface area (Å²) in [5.74, 6) is 0.779. The molecule has 1 N–H and O–H groups in total. The molecule has 1 aromatic heterocycles. The van der Waals surface area contributed by atoms with Gasteiger partial charge in [-0.05, 0) is 69.6 Å². The molecule has 0 unspecified atom stereocenters. The van der Waals surface area contributed by atoms with Gasteiger partial charge in [0, 0.05) is 18.0 Å². The maximum Gasteiger partial charge on any atom is 0.336 e. The van der Waals surface area contributed by atoms with Gasteiger partial charge in [-0.2, -0.15) is 0 Å². The number of benzene rings is 1. The summed E-state index contributed by atoms with van der Waals surface area (Å²) >= 11 is 0. The van der Waals surface area contributed by atoms with E-state index in [-0.39, 0.29) is 18.0 Å². The molecule has 1 saturated heterocycles. The third-order valence-corrected chi connectivity index (χ3v) is 4.58. The molecular formula is C18H25ClN2O2. The van der Waals surface area contributed by atoms with Gasteiger partial charge in [-0.3, -0.25) is 4.90 Å². The van der Waals surface area contributed by atoms with E-state index < -0.39 is 0 Å². The normalized spacial score (nSPS) is 16.4. The van der Waals surface area contributed by atoms with E-state index >= 15 is 0 Å². The third kappa shape index (κ3) is 4.34. The summed E-state index contributed by atoms with van der Waals surface area (Å²) in [4.78, 5) is 14.2. The largest absolute Gasteiger partial charge is 0.423 e. The zero-order valence-electron chi connectivity index (χ0n) is 13.8. The molecule has 0 bridgehead atoms. The number of nitrogens with zero attached hydrogens (tertiary/aromatic N) is 1. The lowest BCUT2D eigenvalue weighted by atomic mass is 9.96. The highest BCUT2D eigenvalue weighted by Gasteiger charge is 2.19. The number of hydrogen-bond donors (Lipinski definition) is 1. The number of likely N-dealkylation sites (tertiary alicyclic amines) is 1. The topological polar surface area (TPSA) is 45.5 Å². The molecule has 0 amide bonds. The molecule has 0 spiro atoms. The van der Waals surface area contributed by atoms with Gasteiger partial charge in [0.1, 0.15) is 5.58 Å². The molecule has 0 radical (unpaired) electrons. The highest BCUT2D eigenvalue weighted by Crippen LogP contribution is 2.23. The van der Waals surface area contributed by atoms with E-state index in [1.54, 1.807) is 6.07 Å². The van der Waals surface area contributed by atoms with Crippen molar-refractivity contribution in [2.45, 2.75) is 26.3 Å². The zero-order chi connectivity index (χ0) is 15.5. The SMILES string of the molecule is CNCC1CCN(Cc2cc(=O)oc3cc(C)ccc23)CC1.Cl. The van der Waals surface area contributed by atoms with E-state index in [4.69, 9.17) is 4.42 Å². The first-order valence-corrected chi connectivity index (χ1v) is 8.06. The zero-order valence-corrected chi connectivity index (χ0v) is 14.6. The van der Waals surface area contributed by atoms with Gasteiger partial charge in [0.05, 0.1) is 0 Å². The molecule has 0 atom stereocenters. The first kappa shape index (κ1) is 18.0. The Bertz CT molecular complexity index is 706. The molecule has 2 aromatic rings. The third-order valence-electron chi connectivity index (χ3n) is 4.58. The van der Waals surface area contributed by atoms with E-state index in [0.29, 0.717) is 5.58 Å². The van der Waals surface area contributed by atoms with Gasteiger partial charge in [0.2, 0.25) is 0 Å². The van der Waals surface area contributed by atoms with E-state index in [2.05, 4.69) is 22.3 Å². The fraction of sp³-hybridized carbons (Fsp3) is 0.500. The molecule has 1 aliphatic heterocycles. The fourth-order valence-electron chi connectivity index (χ4n) is 3.35. The highest BCUT2D eigenvalue weighted by atomic mass is 35.5. The van der Waals surface area contributed by atoms with Crippen LogP contribution in [0, 0.1) is 12.8 Å². The monoisotopic (exact) mass is 336 g/mol. The van der Waals surface area contributed by atoms with Gasteiger partial charge in [-0.25, -0.2) is 4.79 Å². The Labute approximate surface area is 143 Å². The van der Waals surface area contributed by atoms with Crippen LogP contribution in [-0.4, -0.2) is 31.6 Å². The Balaban J connectivity index is 0.00000192. The number of halogens is 1. The Morgan fingerprint density at radius 3 is 2.70 bits per heavy atom.